The molecular weight excluding hydrogens is 370 g/mol. The number of carbonyl (C=O) groups is 2. The second kappa shape index (κ2) is 8.80. The fourth-order valence-electron chi connectivity index (χ4n) is 3.96. The Labute approximate surface area is 166 Å². The Kier molecular flexibility index (Phi) is 6.95. The second-order valence-electron chi connectivity index (χ2n) is 7.16. The van der Waals surface area contributed by atoms with E-state index in [1.807, 2.05) is 4.90 Å². The Morgan fingerprint density at radius 2 is 1.85 bits per heavy atom. The van der Waals surface area contributed by atoms with Crippen LogP contribution in [0, 0.1) is 5.41 Å². The highest BCUT2D eigenvalue weighted by atomic mass is 35.5. The maximum atomic E-state index is 13.0. The van der Waals surface area contributed by atoms with Crippen LogP contribution < -0.4 is 20.1 Å². The van der Waals surface area contributed by atoms with Crippen molar-refractivity contribution in [2.75, 3.05) is 45.7 Å². The summed E-state index contributed by atoms with van der Waals surface area (Å²) < 4.78 is 10.7. The van der Waals surface area contributed by atoms with Gasteiger partial charge in [0.25, 0.3) is 5.91 Å². The van der Waals surface area contributed by atoms with E-state index in [9.17, 15) is 9.59 Å². The topological polar surface area (TPSA) is 79.9 Å². The van der Waals surface area contributed by atoms with E-state index in [0.29, 0.717) is 28.2 Å². The third-order valence-corrected chi connectivity index (χ3v) is 5.48. The molecule has 8 heteroatoms. The highest BCUT2D eigenvalue weighted by molar-refractivity contribution is 5.99. The van der Waals surface area contributed by atoms with Gasteiger partial charge in [0.2, 0.25) is 5.91 Å². The van der Waals surface area contributed by atoms with E-state index in [4.69, 9.17) is 9.47 Å². The van der Waals surface area contributed by atoms with Crippen LogP contribution in [0.2, 0.25) is 0 Å². The van der Waals surface area contributed by atoms with Crippen LogP contribution in [0.4, 0.5) is 5.69 Å². The Balaban J connectivity index is 0.00000261. The van der Waals surface area contributed by atoms with E-state index < -0.39 is 0 Å². The van der Waals surface area contributed by atoms with Crippen LogP contribution in [0.15, 0.2) is 12.1 Å². The number of carbonyl (C=O) groups excluding carboxylic acids is 2. The van der Waals surface area contributed by atoms with Gasteiger partial charge in [-0.2, -0.15) is 0 Å². The highest BCUT2D eigenvalue weighted by Gasteiger charge is 2.38. The summed E-state index contributed by atoms with van der Waals surface area (Å²) >= 11 is 0. The number of amides is 2. The van der Waals surface area contributed by atoms with Gasteiger partial charge in [-0.3, -0.25) is 9.59 Å². The van der Waals surface area contributed by atoms with E-state index in [1.165, 1.54) is 27.6 Å². The summed E-state index contributed by atoms with van der Waals surface area (Å²) in [6.07, 6.45) is 3.24. The summed E-state index contributed by atoms with van der Waals surface area (Å²) in [7, 11) is 3.02. The van der Waals surface area contributed by atoms with Crippen LogP contribution in [-0.2, 0) is 4.79 Å². The first-order chi connectivity index (χ1) is 12.5. The Morgan fingerprint density at radius 3 is 2.37 bits per heavy atom. The van der Waals surface area contributed by atoms with Gasteiger partial charge in [0.1, 0.15) is 0 Å². The molecule has 0 aliphatic carbocycles. The van der Waals surface area contributed by atoms with E-state index in [0.717, 1.165) is 39.0 Å². The summed E-state index contributed by atoms with van der Waals surface area (Å²) in [6, 6.07) is 3.33. The molecule has 1 spiro atoms. The number of hydrogen-bond acceptors (Lipinski definition) is 5. The molecule has 0 radical (unpaired) electrons. The molecule has 0 bridgehead atoms. The van der Waals surface area contributed by atoms with Gasteiger partial charge >= 0.3 is 0 Å². The molecule has 1 aromatic carbocycles. The van der Waals surface area contributed by atoms with Crippen molar-refractivity contribution < 1.29 is 19.1 Å². The summed E-state index contributed by atoms with van der Waals surface area (Å²) in [6.45, 7) is 5.05. The zero-order valence-corrected chi connectivity index (χ0v) is 16.9. The van der Waals surface area contributed by atoms with Crippen LogP contribution in [0.3, 0.4) is 0 Å². The molecule has 0 atom stereocenters. The molecule has 2 saturated heterocycles. The number of methoxy groups -OCH3 is 2. The molecule has 0 aromatic heterocycles. The third kappa shape index (κ3) is 4.47. The van der Waals surface area contributed by atoms with Crippen molar-refractivity contribution >= 4 is 29.9 Å². The number of likely N-dealkylation sites (tertiary alicyclic amines) is 1. The van der Waals surface area contributed by atoms with Gasteiger partial charge < -0.3 is 25.0 Å². The molecule has 2 heterocycles. The van der Waals surface area contributed by atoms with E-state index >= 15 is 0 Å². The van der Waals surface area contributed by atoms with Gasteiger partial charge in [0, 0.05) is 32.1 Å². The largest absolute Gasteiger partial charge is 0.493 e. The summed E-state index contributed by atoms with van der Waals surface area (Å²) in [5, 5.41) is 6.15. The fourth-order valence-corrected chi connectivity index (χ4v) is 3.96. The van der Waals surface area contributed by atoms with Crippen molar-refractivity contribution in [3.63, 3.8) is 0 Å². The number of piperidine rings is 1. The number of nitrogens with zero attached hydrogens (tertiary/aromatic N) is 1. The fraction of sp³-hybridized carbons (Fsp3) is 0.579. The van der Waals surface area contributed by atoms with Crippen LogP contribution >= 0.6 is 12.4 Å². The van der Waals surface area contributed by atoms with Crippen molar-refractivity contribution in [2.24, 2.45) is 5.41 Å². The van der Waals surface area contributed by atoms with E-state index in [2.05, 4.69) is 10.6 Å². The van der Waals surface area contributed by atoms with Crippen molar-refractivity contribution in [3.8, 4) is 11.5 Å². The van der Waals surface area contributed by atoms with Gasteiger partial charge in [0.05, 0.1) is 19.9 Å². The monoisotopic (exact) mass is 397 g/mol. The van der Waals surface area contributed by atoms with Crippen LogP contribution in [0.5, 0.6) is 11.5 Å². The molecule has 150 valence electrons. The van der Waals surface area contributed by atoms with Crippen LogP contribution in [0.1, 0.15) is 36.5 Å². The molecule has 1 aromatic rings. The molecule has 2 N–H and O–H groups in total. The first-order valence-corrected chi connectivity index (χ1v) is 9.02. The van der Waals surface area contributed by atoms with Gasteiger partial charge in [-0.1, -0.05) is 0 Å². The van der Waals surface area contributed by atoms with Crippen molar-refractivity contribution in [3.05, 3.63) is 17.7 Å². The van der Waals surface area contributed by atoms with Gasteiger partial charge in [-0.15, -0.1) is 12.4 Å². The smallest absolute Gasteiger partial charge is 0.254 e. The average molecular weight is 398 g/mol. The first kappa shape index (κ1) is 21.3. The minimum Gasteiger partial charge on any atom is -0.493 e. The minimum atomic E-state index is -0.233. The molecule has 2 aliphatic rings. The Hall–Kier alpha value is -1.99. The lowest BCUT2D eigenvalue weighted by atomic mass is 9.78. The lowest BCUT2D eigenvalue weighted by molar-refractivity contribution is -0.114. The Bertz CT molecular complexity index is 694. The Morgan fingerprint density at radius 1 is 1.15 bits per heavy atom. The first-order valence-electron chi connectivity index (χ1n) is 9.02. The van der Waals surface area contributed by atoms with Crippen molar-refractivity contribution in [1.82, 2.24) is 10.2 Å². The number of nitrogens with one attached hydrogen (secondary N) is 2. The summed E-state index contributed by atoms with van der Waals surface area (Å²) in [5.41, 5.74) is 1.29. The molecule has 2 amide bonds. The number of hydrogen-bond donors (Lipinski definition) is 2. The third-order valence-electron chi connectivity index (χ3n) is 5.48. The molecular formula is C19H28ClN3O4. The number of halogens is 1. The van der Waals surface area contributed by atoms with Gasteiger partial charge in [-0.05, 0) is 43.4 Å². The molecule has 2 fully saturated rings. The SMILES string of the molecule is COc1cc(C(=O)N2CCC3(CCNC3)CC2)cc(NC(C)=O)c1OC.Cl. The highest BCUT2D eigenvalue weighted by Crippen LogP contribution is 2.39. The van der Waals surface area contributed by atoms with Crippen molar-refractivity contribution in [2.45, 2.75) is 26.2 Å². The average Bonchev–Trinajstić information content (AvgIpc) is 3.08. The summed E-state index contributed by atoms with van der Waals surface area (Å²) in [5.74, 6) is 0.561. The zero-order valence-electron chi connectivity index (χ0n) is 16.1. The lowest BCUT2D eigenvalue weighted by Gasteiger charge is -2.39. The normalized spacial score (nSPS) is 18.0. The molecule has 3 rings (SSSR count). The predicted octanol–water partition coefficient (Wildman–Crippen LogP) is 2.30. The number of anilines is 1. The minimum absolute atomic E-state index is 0. The number of ether oxygens (including phenoxy) is 2. The zero-order chi connectivity index (χ0) is 18.7. The van der Waals surface area contributed by atoms with Gasteiger partial charge in [0.15, 0.2) is 11.5 Å². The molecule has 0 saturated carbocycles. The second-order valence-corrected chi connectivity index (χ2v) is 7.16. The quantitative estimate of drug-likeness (QED) is 0.814. The number of benzene rings is 1. The van der Waals surface area contributed by atoms with E-state index in [1.54, 1.807) is 12.1 Å². The maximum Gasteiger partial charge on any atom is 0.254 e. The molecule has 2 aliphatic heterocycles. The summed E-state index contributed by atoms with van der Waals surface area (Å²) in [4.78, 5) is 26.4. The predicted molar refractivity (Wildman–Crippen MR) is 106 cm³/mol. The van der Waals surface area contributed by atoms with E-state index in [-0.39, 0.29) is 24.2 Å². The van der Waals surface area contributed by atoms with Crippen LogP contribution in [-0.4, -0.2) is 57.1 Å². The number of rotatable bonds is 4. The lowest BCUT2D eigenvalue weighted by Crippen LogP contribution is -2.44. The molecule has 27 heavy (non-hydrogen) atoms. The van der Waals surface area contributed by atoms with Gasteiger partial charge in [-0.25, -0.2) is 0 Å². The van der Waals surface area contributed by atoms with Crippen molar-refractivity contribution in [1.29, 1.82) is 0 Å². The maximum absolute atomic E-state index is 13.0. The van der Waals surface area contributed by atoms with Crippen LogP contribution in [0.25, 0.3) is 0 Å². The standard InChI is InChI=1S/C19H27N3O4.ClH/c1-13(23)21-15-10-14(11-16(25-2)17(15)26-3)18(24)22-8-5-19(6-9-22)4-7-20-12-19;/h10-11,20H,4-9,12H2,1-3H3,(H,21,23);1H. The molecule has 7 nitrogen and oxygen atoms in total. The molecule has 0 unspecified atom stereocenters.